The molecule has 0 bridgehead atoms. The van der Waals surface area contributed by atoms with Gasteiger partial charge in [0, 0.05) is 49.2 Å². The van der Waals surface area contributed by atoms with Gasteiger partial charge in [0.15, 0.2) is 0 Å². The van der Waals surface area contributed by atoms with Crippen LogP contribution in [-0.4, -0.2) is 68.3 Å². The molecule has 2 amide bonds. The Morgan fingerprint density at radius 1 is 1.00 bits per heavy atom. The van der Waals surface area contributed by atoms with E-state index in [0.29, 0.717) is 30.9 Å². The monoisotopic (exact) mass is 403 g/mol. The minimum absolute atomic E-state index is 0.0699. The number of H-pyrrole nitrogens is 1. The van der Waals surface area contributed by atoms with Crippen LogP contribution < -0.4 is 0 Å². The molecule has 0 saturated carbocycles. The van der Waals surface area contributed by atoms with Crippen LogP contribution in [0.3, 0.4) is 0 Å². The Morgan fingerprint density at radius 3 is 2.43 bits per heavy atom. The van der Waals surface area contributed by atoms with Crippen LogP contribution in [0, 0.1) is 0 Å². The van der Waals surface area contributed by atoms with Crippen molar-refractivity contribution in [3.05, 3.63) is 72.1 Å². The number of carbonyl (C=O) groups excluding carboxylic acids is 3. The number of nitrogens with zero attached hydrogens (tertiary/aromatic N) is 4. The highest BCUT2D eigenvalue weighted by Crippen LogP contribution is 2.17. The van der Waals surface area contributed by atoms with Gasteiger partial charge in [0.05, 0.1) is 11.4 Å². The highest BCUT2D eigenvalue weighted by molar-refractivity contribution is 6.42. The molecule has 1 aromatic carbocycles. The predicted octanol–water partition coefficient (Wildman–Crippen LogP) is 2.03. The first-order valence-corrected chi connectivity index (χ1v) is 9.70. The maximum atomic E-state index is 12.8. The van der Waals surface area contributed by atoms with Gasteiger partial charge in [-0.15, -0.1) is 0 Å². The third-order valence-electron chi connectivity index (χ3n) is 5.19. The number of nitrogens with one attached hydrogen (secondary N) is 1. The Kier molecular flexibility index (Phi) is 5.38. The van der Waals surface area contributed by atoms with E-state index in [0.717, 1.165) is 5.69 Å². The maximum Gasteiger partial charge on any atom is 0.295 e. The molecule has 3 aromatic rings. The third-order valence-corrected chi connectivity index (χ3v) is 5.19. The first kappa shape index (κ1) is 19.5. The summed E-state index contributed by atoms with van der Waals surface area (Å²) in [5.41, 5.74) is 2.22. The van der Waals surface area contributed by atoms with Crippen LogP contribution in [0.4, 0.5) is 0 Å². The summed E-state index contributed by atoms with van der Waals surface area (Å²) in [6, 6.07) is 13.8. The van der Waals surface area contributed by atoms with Crippen LogP contribution in [0.5, 0.6) is 0 Å². The fraction of sp³-hybridized carbons (Fsp3) is 0.227. The predicted molar refractivity (Wildman–Crippen MR) is 110 cm³/mol. The average Bonchev–Trinajstić information content (AvgIpc) is 3.33. The summed E-state index contributed by atoms with van der Waals surface area (Å²) >= 11 is 0. The summed E-state index contributed by atoms with van der Waals surface area (Å²) in [4.78, 5) is 45.6. The molecule has 0 radical (unpaired) electrons. The van der Waals surface area contributed by atoms with E-state index < -0.39 is 11.7 Å². The fourth-order valence-corrected chi connectivity index (χ4v) is 3.55. The number of aromatic amines is 1. The van der Waals surface area contributed by atoms with Crippen molar-refractivity contribution in [2.75, 3.05) is 19.6 Å². The smallest absolute Gasteiger partial charge is 0.295 e. The van der Waals surface area contributed by atoms with E-state index in [4.69, 9.17) is 0 Å². The molecule has 30 heavy (non-hydrogen) atoms. The molecule has 1 aliphatic rings. The first-order valence-electron chi connectivity index (χ1n) is 9.70. The quantitative estimate of drug-likeness (QED) is 0.531. The van der Waals surface area contributed by atoms with Crippen LogP contribution in [-0.2, 0) is 4.79 Å². The highest BCUT2D eigenvalue weighted by Gasteiger charge is 2.33. The van der Waals surface area contributed by atoms with E-state index in [1.54, 1.807) is 41.4 Å². The minimum atomic E-state index is -0.603. The lowest BCUT2D eigenvalue weighted by molar-refractivity contribution is -0.130. The molecule has 1 aliphatic heterocycles. The van der Waals surface area contributed by atoms with E-state index in [1.165, 1.54) is 11.1 Å². The molecule has 1 atom stereocenters. The molecule has 8 nitrogen and oxygen atoms in total. The van der Waals surface area contributed by atoms with Crippen LogP contribution in [0.25, 0.3) is 11.4 Å². The number of carbonyl (C=O) groups is 3. The molecule has 3 heterocycles. The number of benzene rings is 1. The molecular formula is C22H21N5O3. The number of Topliss-reactive ketones (excluding diaryl/α,β-unsaturated/α-hetero) is 1. The lowest BCUT2D eigenvalue weighted by Gasteiger charge is -2.39. The second kappa shape index (κ2) is 8.28. The van der Waals surface area contributed by atoms with Gasteiger partial charge < -0.3 is 9.80 Å². The Labute approximate surface area is 173 Å². The second-order valence-electron chi connectivity index (χ2n) is 7.20. The zero-order valence-corrected chi connectivity index (χ0v) is 16.5. The van der Waals surface area contributed by atoms with E-state index in [-0.39, 0.29) is 17.5 Å². The van der Waals surface area contributed by atoms with E-state index in [9.17, 15) is 14.4 Å². The SMILES string of the molecule is C[C@@H]1CN(C(=O)c2ccccc2)CCN1C(=O)C(=O)c1ccc(-c2ccn[nH]2)nc1. The van der Waals surface area contributed by atoms with Crippen LogP contribution >= 0.6 is 0 Å². The largest absolute Gasteiger partial charge is 0.335 e. The Balaban J connectivity index is 1.41. The average molecular weight is 403 g/mol. The number of ketones is 1. The van der Waals surface area contributed by atoms with Gasteiger partial charge in [-0.3, -0.25) is 24.5 Å². The number of amides is 2. The van der Waals surface area contributed by atoms with Crippen LogP contribution in [0.1, 0.15) is 27.6 Å². The Bertz CT molecular complexity index is 1050. The summed E-state index contributed by atoms with van der Waals surface area (Å²) in [5, 5.41) is 6.67. The van der Waals surface area contributed by atoms with Crippen LogP contribution in [0.2, 0.25) is 0 Å². The topological polar surface area (TPSA) is 99.3 Å². The molecule has 4 rings (SSSR count). The molecule has 1 fully saturated rings. The molecule has 0 spiro atoms. The summed E-state index contributed by atoms with van der Waals surface area (Å²) in [7, 11) is 0. The molecule has 0 unspecified atom stereocenters. The summed E-state index contributed by atoms with van der Waals surface area (Å²) in [5.74, 6) is -1.25. The van der Waals surface area contributed by atoms with Gasteiger partial charge >= 0.3 is 0 Å². The van der Waals surface area contributed by atoms with Gasteiger partial charge in [-0.2, -0.15) is 5.10 Å². The van der Waals surface area contributed by atoms with E-state index >= 15 is 0 Å². The highest BCUT2D eigenvalue weighted by atomic mass is 16.2. The molecular weight excluding hydrogens is 382 g/mol. The normalized spacial score (nSPS) is 16.4. The number of aromatic nitrogens is 3. The third kappa shape index (κ3) is 3.84. The second-order valence-corrected chi connectivity index (χ2v) is 7.20. The lowest BCUT2D eigenvalue weighted by atomic mass is 10.1. The van der Waals surface area contributed by atoms with Crippen molar-refractivity contribution in [2.45, 2.75) is 13.0 Å². The standard InChI is InChI=1S/C22H21N5O3/c1-15-14-26(21(29)16-5-3-2-4-6-16)11-12-27(15)22(30)20(28)17-7-8-18(23-13-17)19-9-10-24-25-19/h2-10,13,15H,11-12,14H2,1H3,(H,24,25)/t15-/m1/s1. The number of rotatable bonds is 4. The van der Waals surface area contributed by atoms with E-state index in [2.05, 4.69) is 15.2 Å². The van der Waals surface area contributed by atoms with Gasteiger partial charge in [0.1, 0.15) is 0 Å². The van der Waals surface area contributed by atoms with Gasteiger partial charge in [-0.1, -0.05) is 18.2 Å². The molecule has 2 aromatic heterocycles. The van der Waals surface area contributed by atoms with Crippen molar-refractivity contribution in [1.82, 2.24) is 25.0 Å². The molecule has 0 aliphatic carbocycles. The zero-order valence-electron chi connectivity index (χ0n) is 16.5. The number of piperazine rings is 1. The number of hydrogen-bond acceptors (Lipinski definition) is 5. The molecule has 152 valence electrons. The minimum Gasteiger partial charge on any atom is -0.335 e. The van der Waals surface area contributed by atoms with Crippen molar-refractivity contribution in [3.8, 4) is 11.4 Å². The van der Waals surface area contributed by atoms with Crippen molar-refractivity contribution < 1.29 is 14.4 Å². The van der Waals surface area contributed by atoms with Gasteiger partial charge in [0.2, 0.25) is 0 Å². The van der Waals surface area contributed by atoms with Gasteiger partial charge in [-0.05, 0) is 37.3 Å². The molecule has 8 heteroatoms. The zero-order chi connectivity index (χ0) is 21.1. The van der Waals surface area contributed by atoms with Crippen molar-refractivity contribution in [3.63, 3.8) is 0 Å². The number of pyridine rings is 1. The van der Waals surface area contributed by atoms with Crippen molar-refractivity contribution >= 4 is 17.6 Å². The van der Waals surface area contributed by atoms with Gasteiger partial charge in [-0.25, -0.2) is 0 Å². The fourth-order valence-electron chi connectivity index (χ4n) is 3.55. The first-order chi connectivity index (χ1) is 14.5. The number of hydrogen-bond donors (Lipinski definition) is 1. The molecule has 1 N–H and O–H groups in total. The Morgan fingerprint density at radius 2 is 1.80 bits per heavy atom. The lowest BCUT2D eigenvalue weighted by Crippen LogP contribution is -2.56. The van der Waals surface area contributed by atoms with Crippen LogP contribution in [0.15, 0.2) is 60.9 Å². The summed E-state index contributed by atoms with van der Waals surface area (Å²) < 4.78 is 0. The molecule has 1 saturated heterocycles. The van der Waals surface area contributed by atoms with Crippen molar-refractivity contribution in [2.24, 2.45) is 0 Å². The van der Waals surface area contributed by atoms with E-state index in [1.807, 2.05) is 25.1 Å². The summed E-state index contributed by atoms with van der Waals surface area (Å²) in [6.45, 7) is 2.91. The van der Waals surface area contributed by atoms with Crippen molar-refractivity contribution in [1.29, 1.82) is 0 Å². The maximum absolute atomic E-state index is 12.8. The van der Waals surface area contributed by atoms with Gasteiger partial charge in [0.25, 0.3) is 17.6 Å². The summed E-state index contributed by atoms with van der Waals surface area (Å²) in [6.07, 6.45) is 3.01. The Hall–Kier alpha value is -3.81.